The zero-order valence-corrected chi connectivity index (χ0v) is 55.8. The van der Waals surface area contributed by atoms with Crippen LogP contribution >= 0.6 is 46.4 Å². The first-order valence-electron chi connectivity index (χ1n) is 31.8. The molecule has 24 heteroatoms. The largest absolute Gasteiger partial charge is 0.484 e. The summed E-state index contributed by atoms with van der Waals surface area (Å²) in [5.74, 6) is 1.29. The Bertz CT molecular complexity index is 3160. The molecule has 18 nitrogen and oxygen atoms in total. The summed E-state index contributed by atoms with van der Waals surface area (Å²) in [5.41, 5.74) is 18.9. The quantitative estimate of drug-likeness (QED) is 0.0164. The summed E-state index contributed by atoms with van der Waals surface area (Å²) in [4.78, 5) is 29.6. The van der Waals surface area contributed by atoms with Gasteiger partial charge >= 0.3 is 12.1 Å². The molecule has 0 unspecified atom stereocenters. The number of fused-ring (bicyclic) bond motifs is 2. The van der Waals surface area contributed by atoms with Gasteiger partial charge in [-0.25, -0.2) is 31.1 Å². The second-order valence-electron chi connectivity index (χ2n) is 24.3. The van der Waals surface area contributed by atoms with Crippen molar-refractivity contribution >= 4 is 85.1 Å². The molecule has 0 bridgehead atoms. The smallest absolute Gasteiger partial charge is 0.314 e. The second kappa shape index (κ2) is 34.4. The van der Waals surface area contributed by atoms with Crippen molar-refractivity contribution in [1.82, 2.24) is 35.8 Å². The van der Waals surface area contributed by atoms with Gasteiger partial charge in [-0.05, 0) is 187 Å². The lowest BCUT2D eigenvalue weighted by molar-refractivity contribution is 0.0589. The molecule has 88 heavy (non-hydrogen) atoms. The first-order chi connectivity index (χ1) is 42.3. The summed E-state index contributed by atoms with van der Waals surface area (Å²) >= 11 is 26.3. The SMILES string of the molecule is Cc1cc(N(CCCCCCCCNC(=O)NCCCCNC(=O)NCCCCCCCCNS(=O)(=O)c2ccc(O[C@H]3c4cc(Cl)cc(Cl)c4C[C@@H]3N3CCC[C@@H](N)C3)c(C)c2)[SH](=O)=O)ccc1O[C@H]1c2cc(Cl)cc(Cl)c2C[C@@H]1N1CCC[C@@H](N)C1. The normalized spacial score (nSPS) is 20.4. The Hall–Kier alpha value is -4.32. The zero-order chi connectivity index (χ0) is 62.7. The molecule has 0 radical (unpaired) electrons. The van der Waals surface area contributed by atoms with E-state index in [0.29, 0.717) is 82.1 Å². The maximum atomic E-state index is 13.3. The predicted molar refractivity (Wildman–Crippen MR) is 355 cm³/mol. The van der Waals surface area contributed by atoms with Crippen LogP contribution in [-0.2, 0) is 33.8 Å². The molecule has 2 saturated heterocycles. The number of nitrogens with one attached hydrogen (secondary N) is 5. The van der Waals surface area contributed by atoms with E-state index in [2.05, 4.69) is 35.8 Å². The van der Waals surface area contributed by atoms with Crippen LogP contribution in [0.3, 0.4) is 0 Å². The lowest BCUT2D eigenvalue weighted by atomic mass is 10.0. The average molecular weight is 1340 g/mol. The van der Waals surface area contributed by atoms with E-state index in [0.717, 1.165) is 182 Å². The number of sulfonamides is 1. The minimum Gasteiger partial charge on any atom is -0.484 e. The van der Waals surface area contributed by atoms with Gasteiger partial charge in [-0.1, -0.05) is 97.8 Å². The van der Waals surface area contributed by atoms with E-state index in [-0.39, 0.29) is 53.3 Å². The molecular weight excluding hydrogens is 1240 g/mol. The Morgan fingerprint density at radius 1 is 0.580 bits per heavy atom. The standard InChI is InChI=1S/C64H92Cl4N10O8S2/c1-43-33-49(21-23-59(43)85-61-53-35-45(65)37-55(67)51(53)39-57(61)76-30-17-19-47(69)41-76)78(87(81)82)32-16-10-6-5-8-12-26-72-64(80)74-28-15-14-27-73-63(79)71-25-11-7-3-4-9-13-29-75-88(83,84)50-22-24-60(44(2)34-50)86-62-54-36-46(66)38-56(68)52(54)40-58(62)77-31-18-20-48(70)42-77/h21-24,33-38,47-48,57-58,61-62,75,87H,3-20,25-32,39-42,69-70H2,1-2H3,(H2,71,73,79)(H2,72,74,80)/t47-,48-,57+,58+,61+,62+/m1/s1. The number of nitrogens with zero attached hydrogens (tertiary/aromatic N) is 3. The Morgan fingerprint density at radius 3 is 1.44 bits per heavy atom. The van der Waals surface area contributed by atoms with Gasteiger partial charge < -0.3 is 42.2 Å². The van der Waals surface area contributed by atoms with Gasteiger partial charge in [-0.15, -0.1) is 0 Å². The Morgan fingerprint density at radius 2 is 1.00 bits per heavy atom. The molecule has 4 amide bonds. The molecule has 2 aliphatic heterocycles. The second-order valence-corrected chi connectivity index (χ2v) is 28.7. The fourth-order valence-corrected chi connectivity index (χ4v) is 15.7. The predicted octanol–water partition coefficient (Wildman–Crippen LogP) is 11.2. The molecule has 486 valence electrons. The molecule has 0 saturated carbocycles. The lowest BCUT2D eigenvalue weighted by Crippen LogP contribution is -2.49. The highest BCUT2D eigenvalue weighted by molar-refractivity contribution is 7.89. The van der Waals surface area contributed by atoms with Gasteiger partial charge in [0.25, 0.3) is 0 Å². The number of nitrogens with two attached hydrogens (primary N) is 2. The van der Waals surface area contributed by atoms with Crippen molar-refractivity contribution in [3.63, 3.8) is 0 Å². The van der Waals surface area contributed by atoms with Crippen LogP contribution < -0.4 is 51.2 Å². The molecule has 2 fully saturated rings. The molecule has 2 aliphatic carbocycles. The zero-order valence-electron chi connectivity index (χ0n) is 51.1. The van der Waals surface area contributed by atoms with E-state index in [1.165, 1.54) is 4.31 Å². The summed E-state index contributed by atoms with van der Waals surface area (Å²) in [6.45, 7) is 10.1. The fraction of sp³-hybridized carbons (Fsp3) is 0.594. The highest BCUT2D eigenvalue weighted by Crippen LogP contribution is 2.46. The molecule has 0 spiro atoms. The summed E-state index contributed by atoms with van der Waals surface area (Å²) in [6.07, 6.45) is 17.0. The summed E-state index contributed by atoms with van der Waals surface area (Å²) < 4.78 is 69.2. The van der Waals surface area contributed by atoms with Crippen LogP contribution in [0.25, 0.3) is 0 Å². The minimum atomic E-state index is -3.72. The Balaban J connectivity index is 0.603. The molecule has 4 aromatic rings. The van der Waals surface area contributed by atoms with Gasteiger partial charge in [-0.3, -0.25) is 14.1 Å². The number of carbonyl (C=O) groups excluding carboxylic acids is 2. The highest BCUT2D eigenvalue weighted by atomic mass is 35.5. The molecule has 8 rings (SSSR count). The van der Waals surface area contributed by atoms with Crippen molar-refractivity contribution in [3.05, 3.63) is 114 Å². The number of carbonyl (C=O) groups is 2. The molecule has 6 atom stereocenters. The monoisotopic (exact) mass is 1330 g/mol. The molecular formula is C64H92Cl4N10O8S2. The van der Waals surface area contributed by atoms with Crippen LogP contribution in [0.4, 0.5) is 15.3 Å². The number of urea groups is 2. The number of anilines is 1. The van der Waals surface area contributed by atoms with Crippen molar-refractivity contribution in [2.75, 3.05) is 69.8 Å². The third kappa shape index (κ3) is 20.1. The molecule has 4 aliphatic rings. The van der Waals surface area contributed by atoms with E-state index in [4.69, 9.17) is 67.3 Å². The van der Waals surface area contributed by atoms with Gasteiger partial charge in [0.2, 0.25) is 20.9 Å². The fourth-order valence-electron chi connectivity index (χ4n) is 12.8. The van der Waals surface area contributed by atoms with Gasteiger partial charge in [0.15, 0.2) is 0 Å². The number of rotatable bonds is 33. The van der Waals surface area contributed by atoms with E-state index in [9.17, 15) is 26.4 Å². The van der Waals surface area contributed by atoms with Gasteiger partial charge in [0, 0.05) is 95.7 Å². The van der Waals surface area contributed by atoms with Crippen molar-refractivity contribution in [2.45, 2.75) is 184 Å². The van der Waals surface area contributed by atoms with Crippen molar-refractivity contribution in [2.24, 2.45) is 11.5 Å². The van der Waals surface area contributed by atoms with Crippen molar-refractivity contribution in [3.8, 4) is 11.5 Å². The number of halogens is 4. The minimum absolute atomic E-state index is 0.0258. The topological polar surface area (TPSA) is 243 Å². The van der Waals surface area contributed by atoms with Crippen LogP contribution in [0.5, 0.6) is 11.5 Å². The number of amides is 4. The number of benzene rings is 4. The van der Waals surface area contributed by atoms with E-state index < -0.39 is 20.9 Å². The van der Waals surface area contributed by atoms with E-state index >= 15 is 0 Å². The summed E-state index contributed by atoms with van der Waals surface area (Å²) in [6, 6.07) is 17.8. The lowest BCUT2D eigenvalue weighted by Gasteiger charge is -2.38. The van der Waals surface area contributed by atoms with Crippen LogP contribution in [0.1, 0.15) is 161 Å². The van der Waals surface area contributed by atoms with Crippen LogP contribution in [0, 0.1) is 13.8 Å². The third-order valence-electron chi connectivity index (χ3n) is 17.5. The number of aryl methyl sites for hydroxylation is 2. The third-order valence-corrected chi connectivity index (χ3v) is 20.9. The van der Waals surface area contributed by atoms with Crippen LogP contribution in [0.15, 0.2) is 65.6 Å². The molecule has 0 aromatic heterocycles. The maximum Gasteiger partial charge on any atom is 0.314 e. The number of piperidine rings is 2. The van der Waals surface area contributed by atoms with Crippen molar-refractivity contribution < 1.29 is 35.9 Å². The number of hydrogen-bond acceptors (Lipinski definition) is 12. The number of unbranched alkanes of at least 4 members (excludes halogenated alkanes) is 11. The van der Waals surface area contributed by atoms with E-state index in [1.807, 2.05) is 44.2 Å². The van der Waals surface area contributed by atoms with Gasteiger partial charge in [0.05, 0.1) is 22.7 Å². The van der Waals surface area contributed by atoms with Crippen LogP contribution in [0.2, 0.25) is 20.1 Å². The molecule has 2 heterocycles. The number of likely N-dealkylation sites (tertiary alicyclic amines) is 2. The Kier molecular flexibility index (Phi) is 27.2. The van der Waals surface area contributed by atoms with Crippen molar-refractivity contribution in [1.29, 1.82) is 0 Å². The first kappa shape index (κ1) is 69.6. The van der Waals surface area contributed by atoms with Gasteiger partial charge in [-0.2, -0.15) is 0 Å². The van der Waals surface area contributed by atoms with Gasteiger partial charge in [0.1, 0.15) is 23.7 Å². The molecule has 4 aromatic carbocycles. The maximum absolute atomic E-state index is 13.3. The van der Waals surface area contributed by atoms with Crippen LogP contribution in [-0.4, -0.2) is 128 Å². The number of ether oxygens (including phenoxy) is 2. The summed E-state index contributed by atoms with van der Waals surface area (Å²) in [5, 5.41) is 13.9. The first-order valence-corrected chi connectivity index (χ1v) is 35.9. The number of hydrogen-bond donors (Lipinski definition) is 8. The number of thiol groups is 1. The molecule has 9 N–H and O–H groups in total. The highest BCUT2D eigenvalue weighted by Gasteiger charge is 2.43. The van der Waals surface area contributed by atoms with E-state index in [1.54, 1.807) is 30.3 Å². The summed E-state index contributed by atoms with van der Waals surface area (Å²) in [7, 11) is -6.56. The Labute approximate surface area is 543 Å². The average Bonchev–Trinajstić information content (AvgIpc) is 4.16.